The van der Waals surface area contributed by atoms with Crippen LogP contribution in [0.2, 0.25) is 0 Å². The second-order valence-corrected chi connectivity index (χ2v) is 6.42. The molecule has 146 valence electrons. The standard InChI is InChI=1S/C18H26O8/c1-2-3-4-5-14(20)25-12-8-6-11(7-9-12)18(24)17(23)16(22)15(21)13(10-19)26-18/h6-9,13,15-17,19,21-24H,2-5,10H2,1H3/t13-,15-,16+,17-,18-/m1/s1. The van der Waals surface area contributed by atoms with Crippen molar-refractivity contribution in [3.8, 4) is 5.75 Å². The van der Waals surface area contributed by atoms with Crippen LogP contribution in [0.4, 0.5) is 0 Å². The van der Waals surface area contributed by atoms with Gasteiger partial charge in [0.25, 0.3) is 0 Å². The van der Waals surface area contributed by atoms with Crippen molar-refractivity contribution in [2.45, 2.75) is 62.8 Å². The van der Waals surface area contributed by atoms with Gasteiger partial charge in [0.2, 0.25) is 5.79 Å². The molecule has 0 saturated carbocycles. The number of hydrogen-bond donors (Lipinski definition) is 5. The summed E-state index contributed by atoms with van der Waals surface area (Å²) in [5.74, 6) is -2.42. The van der Waals surface area contributed by atoms with Gasteiger partial charge in [0.1, 0.15) is 30.2 Å². The van der Waals surface area contributed by atoms with Crippen LogP contribution in [0.15, 0.2) is 24.3 Å². The number of carbonyl (C=O) groups is 1. The molecule has 0 aromatic heterocycles. The van der Waals surface area contributed by atoms with Crippen molar-refractivity contribution in [3.05, 3.63) is 29.8 Å². The normalized spacial score (nSPS) is 31.6. The first kappa shape index (κ1) is 20.8. The van der Waals surface area contributed by atoms with E-state index in [0.717, 1.165) is 19.3 Å². The molecule has 1 aliphatic heterocycles. The molecule has 1 saturated heterocycles. The zero-order valence-electron chi connectivity index (χ0n) is 14.6. The fourth-order valence-corrected chi connectivity index (χ4v) is 2.86. The molecule has 1 aromatic rings. The molecule has 0 radical (unpaired) electrons. The molecule has 0 amide bonds. The predicted octanol–water partition coefficient (Wildman–Crippen LogP) is -0.209. The third kappa shape index (κ3) is 4.40. The van der Waals surface area contributed by atoms with E-state index < -0.39 is 36.8 Å². The molecule has 8 nitrogen and oxygen atoms in total. The second kappa shape index (κ2) is 8.90. The minimum atomic E-state index is -2.32. The first-order valence-electron chi connectivity index (χ1n) is 8.70. The van der Waals surface area contributed by atoms with Gasteiger partial charge in [-0.3, -0.25) is 4.79 Å². The van der Waals surface area contributed by atoms with Crippen LogP contribution in [0.25, 0.3) is 0 Å². The number of hydrogen-bond acceptors (Lipinski definition) is 8. The molecule has 5 N–H and O–H groups in total. The fourth-order valence-electron chi connectivity index (χ4n) is 2.86. The number of aliphatic hydroxyl groups is 5. The molecule has 2 rings (SSSR count). The maximum Gasteiger partial charge on any atom is 0.311 e. The van der Waals surface area contributed by atoms with E-state index in [4.69, 9.17) is 9.47 Å². The zero-order chi connectivity index (χ0) is 19.3. The molecule has 0 bridgehead atoms. The van der Waals surface area contributed by atoms with E-state index in [0.29, 0.717) is 6.42 Å². The molecular formula is C18H26O8. The van der Waals surface area contributed by atoms with Crippen LogP contribution < -0.4 is 4.74 Å². The number of ether oxygens (including phenoxy) is 2. The number of carbonyl (C=O) groups excluding carboxylic acids is 1. The molecule has 0 aliphatic carbocycles. The maximum atomic E-state index is 11.7. The molecular weight excluding hydrogens is 344 g/mol. The van der Waals surface area contributed by atoms with Gasteiger partial charge < -0.3 is 35.0 Å². The highest BCUT2D eigenvalue weighted by atomic mass is 16.7. The minimum absolute atomic E-state index is 0.0835. The molecule has 1 fully saturated rings. The van der Waals surface area contributed by atoms with Crippen LogP contribution in [0.3, 0.4) is 0 Å². The summed E-state index contributed by atoms with van der Waals surface area (Å²) in [5, 5.41) is 49.7. The van der Waals surface area contributed by atoms with E-state index in [1.807, 2.05) is 6.92 Å². The molecule has 1 aromatic carbocycles. The summed E-state index contributed by atoms with van der Waals surface area (Å²) < 4.78 is 10.4. The van der Waals surface area contributed by atoms with Crippen molar-refractivity contribution in [3.63, 3.8) is 0 Å². The first-order chi connectivity index (χ1) is 12.3. The summed E-state index contributed by atoms with van der Waals surface area (Å²) in [5.41, 5.74) is 0.0835. The Morgan fingerprint density at radius 1 is 1.15 bits per heavy atom. The Kier molecular flexibility index (Phi) is 7.10. The summed E-state index contributed by atoms with van der Waals surface area (Å²) in [6.07, 6.45) is -3.35. The number of aliphatic hydroxyl groups excluding tert-OH is 4. The lowest BCUT2D eigenvalue weighted by atomic mass is 9.88. The molecule has 0 unspecified atom stereocenters. The van der Waals surface area contributed by atoms with E-state index in [-0.39, 0.29) is 17.3 Å². The quantitative estimate of drug-likeness (QED) is 0.253. The SMILES string of the molecule is CCCCCC(=O)Oc1ccc([C@@]2(O)O[C@H](CO)[C@@H](O)[C@H](O)[C@H]2O)cc1. The van der Waals surface area contributed by atoms with Crippen LogP contribution in [-0.2, 0) is 15.3 Å². The smallest absolute Gasteiger partial charge is 0.311 e. The van der Waals surface area contributed by atoms with Crippen LogP contribution in [-0.4, -0.2) is 62.5 Å². The Labute approximate surface area is 151 Å². The third-order valence-electron chi connectivity index (χ3n) is 4.45. The van der Waals surface area contributed by atoms with E-state index in [1.165, 1.54) is 24.3 Å². The van der Waals surface area contributed by atoms with E-state index >= 15 is 0 Å². The Morgan fingerprint density at radius 3 is 2.38 bits per heavy atom. The lowest BCUT2D eigenvalue weighted by molar-refractivity contribution is -0.357. The van der Waals surface area contributed by atoms with Gasteiger partial charge in [-0.05, 0) is 30.7 Å². The van der Waals surface area contributed by atoms with Crippen molar-refractivity contribution in [2.24, 2.45) is 0 Å². The molecule has 0 spiro atoms. The third-order valence-corrected chi connectivity index (χ3v) is 4.45. The van der Waals surface area contributed by atoms with Crippen molar-refractivity contribution in [2.75, 3.05) is 6.61 Å². The highest BCUT2D eigenvalue weighted by Crippen LogP contribution is 2.36. The van der Waals surface area contributed by atoms with Crippen LogP contribution in [0.1, 0.15) is 38.2 Å². The van der Waals surface area contributed by atoms with E-state index in [2.05, 4.69) is 0 Å². The Bertz CT molecular complexity index is 587. The largest absolute Gasteiger partial charge is 0.427 e. The topological polar surface area (TPSA) is 137 Å². The Morgan fingerprint density at radius 2 is 1.81 bits per heavy atom. The summed E-state index contributed by atoms with van der Waals surface area (Å²) in [6, 6.07) is 5.59. The molecule has 8 heteroatoms. The fraction of sp³-hybridized carbons (Fsp3) is 0.611. The Hall–Kier alpha value is -1.55. The van der Waals surface area contributed by atoms with Crippen molar-refractivity contribution >= 4 is 5.97 Å². The minimum Gasteiger partial charge on any atom is -0.427 e. The first-order valence-corrected chi connectivity index (χ1v) is 8.70. The van der Waals surface area contributed by atoms with Gasteiger partial charge in [-0.25, -0.2) is 0 Å². The molecule has 1 aliphatic rings. The second-order valence-electron chi connectivity index (χ2n) is 6.42. The van der Waals surface area contributed by atoms with Gasteiger partial charge in [-0.2, -0.15) is 0 Å². The van der Waals surface area contributed by atoms with Gasteiger partial charge in [-0.1, -0.05) is 19.8 Å². The molecule has 5 atom stereocenters. The van der Waals surface area contributed by atoms with Gasteiger partial charge in [0.05, 0.1) is 6.61 Å². The molecule has 1 heterocycles. The summed E-state index contributed by atoms with van der Waals surface area (Å²) >= 11 is 0. The lowest BCUT2D eigenvalue weighted by Gasteiger charge is -2.45. The van der Waals surface area contributed by atoms with Gasteiger partial charge >= 0.3 is 5.97 Å². The zero-order valence-corrected chi connectivity index (χ0v) is 14.6. The van der Waals surface area contributed by atoms with Crippen LogP contribution in [0.5, 0.6) is 5.75 Å². The number of unbranched alkanes of at least 4 members (excludes halogenated alkanes) is 2. The van der Waals surface area contributed by atoms with Crippen LogP contribution >= 0.6 is 0 Å². The summed E-state index contributed by atoms with van der Waals surface area (Å²) in [4.78, 5) is 11.7. The lowest BCUT2D eigenvalue weighted by Crippen LogP contribution is -2.63. The van der Waals surface area contributed by atoms with Gasteiger partial charge in [-0.15, -0.1) is 0 Å². The van der Waals surface area contributed by atoms with E-state index in [1.54, 1.807) is 0 Å². The highest BCUT2D eigenvalue weighted by Gasteiger charge is 2.53. The highest BCUT2D eigenvalue weighted by molar-refractivity contribution is 5.72. The number of benzene rings is 1. The van der Waals surface area contributed by atoms with Gasteiger partial charge in [0.15, 0.2) is 0 Å². The van der Waals surface area contributed by atoms with Crippen molar-refractivity contribution < 1.29 is 39.8 Å². The van der Waals surface area contributed by atoms with Crippen LogP contribution in [0, 0.1) is 0 Å². The maximum absolute atomic E-state index is 11.7. The average molecular weight is 370 g/mol. The number of esters is 1. The van der Waals surface area contributed by atoms with E-state index in [9.17, 15) is 30.3 Å². The van der Waals surface area contributed by atoms with Crippen molar-refractivity contribution in [1.82, 2.24) is 0 Å². The average Bonchev–Trinajstić information content (AvgIpc) is 2.64. The summed E-state index contributed by atoms with van der Waals surface area (Å²) in [6.45, 7) is 1.38. The Balaban J connectivity index is 2.09. The van der Waals surface area contributed by atoms with Crippen molar-refractivity contribution in [1.29, 1.82) is 0 Å². The predicted molar refractivity (Wildman–Crippen MR) is 90.1 cm³/mol. The molecule has 26 heavy (non-hydrogen) atoms. The number of rotatable bonds is 7. The summed E-state index contributed by atoms with van der Waals surface area (Å²) in [7, 11) is 0. The monoisotopic (exact) mass is 370 g/mol. The van der Waals surface area contributed by atoms with Gasteiger partial charge in [0, 0.05) is 12.0 Å².